The number of amides is 2. The first-order valence-corrected chi connectivity index (χ1v) is 6.76. The Kier molecular flexibility index (Phi) is 3.23. The smallest absolute Gasteiger partial charge is 0.257 e. The van der Waals surface area contributed by atoms with E-state index in [1.807, 2.05) is 0 Å². The summed E-state index contributed by atoms with van der Waals surface area (Å²) in [5.74, 6) is -0.268. The second kappa shape index (κ2) is 5.05. The zero-order valence-electron chi connectivity index (χ0n) is 10.3. The Hall–Kier alpha value is -2.21. The first-order valence-electron chi connectivity index (χ1n) is 5.96. The van der Waals surface area contributed by atoms with E-state index in [-0.39, 0.29) is 11.8 Å². The highest BCUT2D eigenvalue weighted by atomic mass is 79.9. The van der Waals surface area contributed by atoms with Crippen LogP contribution in [0.15, 0.2) is 41.1 Å². The molecule has 20 heavy (non-hydrogen) atoms. The summed E-state index contributed by atoms with van der Waals surface area (Å²) in [6.45, 7) is 0. The molecule has 2 N–H and O–H groups in total. The van der Waals surface area contributed by atoms with Gasteiger partial charge in [0.1, 0.15) is 0 Å². The van der Waals surface area contributed by atoms with Gasteiger partial charge in [-0.3, -0.25) is 14.6 Å². The van der Waals surface area contributed by atoms with Crippen LogP contribution >= 0.6 is 15.9 Å². The molecule has 1 aliphatic rings. The second-order valence-electron chi connectivity index (χ2n) is 4.44. The van der Waals surface area contributed by atoms with Crippen LogP contribution in [0.3, 0.4) is 0 Å². The molecular weight excluding hydrogens is 322 g/mol. The maximum absolute atomic E-state index is 12.1. The highest BCUT2D eigenvalue weighted by Gasteiger charge is 2.18. The Morgan fingerprint density at radius 2 is 2.15 bits per heavy atom. The van der Waals surface area contributed by atoms with Crippen LogP contribution in [0.1, 0.15) is 15.9 Å². The fourth-order valence-electron chi connectivity index (χ4n) is 2.05. The third-order valence-electron chi connectivity index (χ3n) is 2.96. The number of halogens is 1. The molecule has 0 saturated heterocycles. The van der Waals surface area contributed by atoms with Crippen LogP contribution in [0, 0.1) is 0 Å². The summed E-state index contributed by atoms with van der Waals surface area (Å²) in [6, 6.07) is 7.04. The van der Waals surface area contributed by atoms with Gasteiger partial charge in [0.25, 0.3) is 5.91 Å². The molecule has 0 atom stereocenters. The van der Waals surface area contributed by atoms with Gasteiger partial charge in [0.15, 0.2) is 0 Å². The van der Waals surface area contributed by atoms with Crippen LogP contribution in [-0.4, -0.2) is 16.8 Å². The van der Waals surface area contributed by atoms with Gasteiger partial charge < -0.3 is 10.6 Å². The number of aromatic nitrogens is 1. The number of fused-ring (bicyclic) bond motifs is 1. The van der Waals surface area contributed by atoms with Crippen molar-refractivity contribution in [2.45, 2.75) is 6.42 Å². The van der Waals surface area contributed by atoms with Gasteiger partial charge in [-0.1, -0.05) is 0 Å². The highest BCUT2D eigenvalue weighted by Crippen LogP contribution is 2.26. The summed E-state index contributed by atoms with van der Waals surface area (Å²) in [7, 11) is 0. The fourth-order valence-corrected chi connectivity index (χ4v) is 2.41. The minimum atomic E-state index is -0.240. The van der Waals surface area contributed by atoms with Gasteiger partial charge in [0.2, 0.25) is 5.91 Å². The van der Waals surface area contributed by atoms with Crippen molar-refractivity contribution in [3.63, 3.8) is 0 Å². The van der Waals surface area contributed by atoms with Gasteiger partial charge in [-0.2, -0.15) is 0 Å². The summed E-state index contributed by atoms with van der Waals surface area (Å²) in [6.07, 6.45) is 3.46. The normalized spacial score (nSPS) is 12.8. The number of carbonyl (C=O) groups is 2. The number of rotatable bonds is 2. The van der Waals surface area contributed by atoms with E-state index >= 15 is 0 Å². The SMILES string of the molecule is O=C1Cc2cc(NC(=O)c3cncc(Br)c3)ccc2N1. The van der Waals surface area contributed by atoms with Crippen LogP contribution < -0.4 is 10.6 Å². The molecule has 1 aromatic heterocycles. The average Bonchev–Trinajstić information content (AvgIpc) is 2.78. The Bertz CT molecular complexity index is 715. The number of benzene rings is 1. The molecule has 0 saturated carbocycles. The monoisotopic (exact) mass is 331 g/mol. The molecule has 0 radical (unpaired) electrons. The molecule has 2 heterocycles. The van der Waals surface area contributed by atoms with Gasteiger partial charge in [0.05, 0.1) is 12.0 Å². The van der Waals surface area contributed by atoms with Crippen LogP contribution in [-0.2, 0) is 11.2 Å². The number of nitrogens with one attached hydrogen (secondary N) is 2. The number of carbonyl (C=O) groups excluding carboxylic acids is 2. The number of hydrogen-bond donors (Lipinski definition) is 2. The maximum Gasteiger partial charge on any atom is 0.257 e. The zero-order valence-corrected chi connectivity index (χ0v) is 11.9. The molecule has 0 bridgehead atoms. The van der Waals surface area contributed by atoms with E-state index in [9.17, 15) is 9.59 Å². The minimum Gasteiger partial charge on any atom is -0.326 e. The average molecular weight is 332 g/mol. The molecule has 1 aliphatic heterocycles. The van der Waals surface area contributed by atoms with Crippen LogP contribution in [0.5, 0.6) is 0 Å². The summed E-state index contributed by atoms with van der Waals surface area (Å²) in [4.78, 5) is 27.3. The molecule has 0 spiro atoms. The number of anilines is 2. The largest absolute Gasteiger partial charge is 0.326 e. The summed E-state index contributed by atoms with van der Waals surface area (Å²) >= 11 is 3.27. The molecule has 5 nitrogen and oxygen atoms in total. The molecule has 2 aromatic rings. The third kappa shape index (κ3) is 2.55. The van der Waals surface area contributed by atoms with Crippen molar-refractivity contribution in [1.29, 1.82) is 0 Å². The Morgan fingerprint density at radius 1 is 1.30 bits per heavy atom. The van der Waals surface area contributed by atoms with Crippen LogP contribution in [0.25, 0.3) is 0 Å². The van der Waals surface area contributed by atoms with Gasteiger partial charge >= 0.3 is 0 Å². The van der Waals surface area contributed by atoms with E-state index < -0.39 is 0 Å². The van der Waals surface area contributed by atoms with Gasteiger partial charge in [-0.05, 0) is 45.8 Å². The van der Waals surface area contributed by atoms with Gasteiger partial charge in [0, 0.05) is 28.2 Å². The van der Waals surface area contributed by atoms with Crippen molar-refractivity contribution in [2.24, 2.45) is 0 Å². The molecule has 6 heteroatoms. The molecule has 100 valence electrons. The van der Waals surface area contributed by atoms with E-state index in [2.05, 4.69) is 31.5 Å². The van der Waals surface area contributed by atoms with Gasteiger partial charge in [-0.25, -0.2) is 0 Å². The van der Waals surface area contributed by atoms with Crippen molar-refractivity contribution in [3.05, 3.63) is 52.3 Å². The van der Waals surface area contributed by atoms with Gasteiger partial charge in [-0.15, -0.1) is 0 Å². The number of pyridine rings is 1. The van der Waals surface area contributed by atoms with Crippen LogP contribution in [0.4, 0.5) is 11.4 Å². The number of nitrogens with zero attached hydrogens (tertiary/aromatic N) is 1. The molecule has 2 amide bonds. The lowest BCUT2D eigenvalue weighted by Crippen LogP contribution is -2.12. The Balaban J connectivity index is 1.80. The van der Waals surface area contributed by atoms with E-state index in [0.29, 0.717) is 17.7 Å². The second-order valence-corrected chi connectivity index (χ2v) is 5.36. The molecular formula is C14H10BrN3O2. The van der Waals surface area contributed by atoms with Crippen molar-refractivity contribution in [1.82, 2.24) is 4.98 Å². The lowest BCUT2D eigenvalue weighted by molar-refractivity contribution is -0.115. The molecule has 0 fully saturated rings. The Morgan fingerprint density at radius 3 is 2.95 bits per heavy atom. The minimum absolute atomic E-state index is 0.0281. The topological polar surface area (TPSA) is 71.1 Å². The van der Waals surface area contributed by atoms with E-state index in [4.69, 9.17) is 0 Å². The fraction of sp³-hybridized carbons (Fsp3) is 0.0714. The summed E-state index contributed by atoms with van der Waals surface area (Å²) in [5, 5.41) is 5.54. The lowest BCUT2D eigenvalue weighted by Gasteiger charge is -2.07. The molecule has 0 aliphatic carbocycles. The molecule has 0 unspecified atom stereocenters. The summed E-state index contributed by atoms with van der Waals surface area (Å²) < 4.78 is 0.744. The number of hydrogen-bond acceptors (Lipinski definition) is 3. The summed E-state index contributed by atoms with van der Waals surface area (Å²) in [5.41, 5.74) is 2.82. The third-order valence-corrected chi connectivity index (χ3v) is 3.39. The standard InChI is InChI=1S/C14H10BrN3O2/c15-10-3-9(6-16-7-10)14(20)17-11-1-2-12-8(4-11)5-13(19)18-12/h1-4,6-7H,5H2,(H,17,20)(H,18,19). The quantitative estimate of drug-likeness (QED) is 0.888. The van der Waals surface area contributed by atoms with E-state index in [1.165, 1.54) is 6.20 Å². The van der Waals surface area contributed by atoms with Crippen molar-refractivity contribution < 1.29 is 9.59 Å². The van der Waals surface area contributed by atoms with Crippen molar-refractivity contribution >= 4 is 39.1 Å². The maximum atomic E-state index is 12.1. The van der Waals surface area contributed by atoms with Crippen molar-refractivity contribution in [3.8, 4) is 0 Å². The highest BCUT2D eigenvalue weighted by molar-refractivity contribution is 9.10. The van der Waals surface area contributed by atoms with Crippen molar-refractivity contribution in [2.75, 3.05) is 10.6 Å². The molecule has 1 aromatic carbocycles. The predicted molar refractivity (Wildman–Crippen MR) is 78.7 cm³/mol. The first kappa shape index (κ1) is 12.8. The van der Waals surface area contributed by atoms with E-state index in [0.717, 1.165) is 15.7 Å². The molecule has 3 rings (SSSR count). The predicted octanol–water partition coefficient (Wildman–Crippen LogP) is 2.59. The Labute approximate surface area is 123 Å². The first-order chi connectivity index (χ1) is 9.61. The van der Waals surface area contributed by atoms with Crippen LogP contribution in [0.2, 0.25) is 0 Å². The lowest BCUT2D eigenvalue weighted by atomic mass is 10.1. The zero-order chi connectivity index (χ0) is 14.1. The van der Waals surface area contributed by atoms with E-state index in [1.54, 1.807) is 30.5 Å².